The van der Waals surface area contributed by atoms with Gasteiger partial charge < -0.3 is 15.1 Å². The number of hydrogen-bond acceptors (Lipinski definition) is 6. The highest BCUT2D eigenvalue weighted by atomic mass is 32.1. The van der Waals surface area contributed by atoms with Crippen LogP contribution in [0.15, 0.2) is 36.4 Å². The van der Waals surface area contributed by atoms with Crippen LogP contribution < -0.4 is 10.2 Å². The van der Waals surface area contributed by atoms with E-state index in [1.54, 1.807) is 17.4 Å². The lowest BCUT2D eigenvalue weighted by Gasteiger charge is -2.31. The van der Waals surface area contributed by atoms with Crippen LogP contribution in [-0.2, 0) is 4.79 Å². The van der Waals surface area contributed by atoms with E-state index < -0.39 is 0 Å². The van der Waals surface area contributed by atoms with Gasteiger partial charge in [-0.3, -0.25) is 4.79 Å². The Morgan fingerprint density at radius 2 is 2.03 bits per heavy atom. The summed E-state index contributed by atoms with van der Waals surface area (Å²) < 4.78 is 13.5. The smallest absolute Gasteiger partial charge is 0.223 e. The zero-order valence-electron chi connectivity index (χ0n) is 17.3. The van der Waals surface area contributed by atoms with Crippen molar-refractivity contribution in [1.29, 1.82) is 0 Å². The van der Waals surface area contributed by atoms with Gasteiger partial charge in [-0.25, -0.2) is 14.4 Å². The Hall–Kier alpha value is -2.58. The molecule has 1 aromatic carbocycles. The van der Waals surface area contributed by atoms with Gasteiger partial charge in [-0.2, -0.15) is 0 Å². The van der Waals surface area contributed by atoms with E-state index in [2.05, 4.69) is 20.1 Å². The molecule has 1 N–H and O–H groups in total. The molecule has 1 aliphatic rings. The first-order valence-corrected chi connectivity index (χ1v) is 11.0. The van der Waals surface area contributed by atoms with Crippen molar-refractivity contribution in [3.05, 3.63) is 42.2 Å². The molecule has 8 heteroatoms. The molecule has 4 rings (SSSR count). The third-order valence-corrected chi connectivity index (χ3v) is 6.38. The maximum absolute atomic E-state index is 13.5. The lowest BCUT2D eigenvalue weighted by atomic mass is 9.96. The average Bonchev–Trinajstić information content (AvgIpc) is 3.17. The summed E-state index contributed by atoms with van der Waals surface area (Å²) in [5.41, 5.74) is 2.34. The van der Waals surface area contributed by atoms with Gasteiger partial charge in [-0.05, 0) is 51.2 Å². The number of carbonyl (C=O) groups is 1. The molecule has 30 heavy (non-hydrogen) atoms. The molecule has 6 nitrogen and oxygen atoms in total. The number of anilines is 1. The molecule has 0 atom stereocenters. The molecule has 0 unspecified atom stereocenters. The summed E-state index contributed by atoms with van der Waals surface area (Å²) in [6.07, 6.45) is 1.65. The summed E-state index contributed by atoms with van der Waals surface area (Å²) in [4.78, 5) is 26.9. The summed E-state index contributed by atoms with van der Waals surface area (Å²) in [6.45, 7) is 3.15. The number of thiazole rings is 1. The largest absolute Gasteiger partial charge is 0.355 e. The molecule has 0 spiro atoms. The molecule has 3 heterocycles. The Morgan fingerprint density at radius 1 is 1.23 bits per heavy atom. The normalized spacial score (nSPS) is 15.1. The van der Waals surface area contributed by atoms with Crippen LogP contribution in [0.3, 0.4) is 0 Å². The number of likely N-dealkylation sites (N-methyl/N-ethyl adjacent to an activating group) is 1. The highest BCUT2D eigenvalue weighted by Crippen LogP contribution is 2.32. The fourth-order valence-electron chi connectivity index (χ4n) is 3.63. The molecule has 1 aliphatic heterocycles. The van der Waals surface area contributed by atoms with E-state index in [0.717, 1.165) is 59.2 Å². The van der Waals surface area contributed by atoms with Gasteiger partial charge in [0, 0.05) is 37.7 Å². The predicted molar refractivity (Wildman–Crippen MR) is 119 cm³/mol. The second-order valence-electron chi connectivity index (χ2n) is 7.88. The summed E-state index contributed by atoms with van der Waals surface area (Å²) >= 11 is 1.55. The van der Waals surface area contributed by atoms with Crippen molar-refractivity contribution in [2.45, 2.75) is 12.8 Å². The molecule has 1 amide bonds. The van der Waals surface area contributed by atoms with Crippen LogP contribution in [0.2, 0.25) is 0 Å². The molecular formula is C22H26FN5OS. The van der Waals surface area contributed by atoms with Crippen molar-refractivity contribution >= 4 is 32.7 Å². The molecule has 0 aliphatic carbocycles. The lowest BCUT2D eigenvalue weighted by Crippen LogP contribution is -2.42. The van der Waals surface area contributed by atoms with Crippen molar-refractivity contribution in [1.82, 2.24) is 20.2 Å². The van der Waals surface area contributed by atoms with E-state index in [1.807, 2.05) is 32.3 Å². The topological polar surface area (TPSA) is 61.4 Å². The molecule has 158 valence electrons. The van der Waals surface area contributed by atoms with Gasteiger partial charge in [0.1, 0.15) is 16.2 Å². The number of rotatable bonds is 6. The molecule has 1 saturated heterocycles. The van der Waals surface area contributed by atoms with E-state index in [9.17, 15) is 9.18 Å². The van der Waals surface area contributed by atoms with Gasteiger partial charge >= 0.3 is 0 Å². The minimum Gasteiger partial charge on any atom is -0.355 e. The molecule has 2 aromatic heterocycles. The third kappa shape index (κ3) is 4.76. The van der Waals surface area contributed by atoms with Crippen LogP contribution >= 0.6 is 11.3 Å². The van der Waals surface area contributed by atoms with Crippen LogP contribution in [0.25, 0.3) is 21.6 Å². The first-order chi connectivity index (χ1) is 14.5. The van der Waals surface area contributed by atoms with Crippen LogP contribution in [0.5, 0.6) is 0 Å². The Labute approximate surface area is 179 Å². The van der Waals surface area contributed by atoms with Gasteiger partial charge in [0.05, 0.1) is 5.69 Å². The van der Waals surface area contributed by atoms with E-state index >= 15 is 0 Å². The number of aromatic nitrogens is 2. The van der Waals surface area contributed by atoms with Crippen LogP contribution in [-0.4, -0.2) is 61.0 Å². The number of amides is 1. The second kappa shape index (κ2) is 9.06. The molecule has 0 bridgehead atoms. The molecule has 0 saturated carbocycles. The lowest BCUT2D eigenvalue weighted by molar-refractivity contribution is -0.125. The summed E-state index contributed by atoms with van der Waals surface area (Å²) in [5, 5.41) is 3.97. The number of carbonyl (C=O) groups excluding carboxylic acids is 1. The number of nitrogens with one attached hydrogen (secondary N) is 1. The number of piperidine rings is 1. The first kappa shape index (κ1) is 20.7. The number of fused-ring (bicyclic) bond motifs is 1. The zero-order chi connectivity index (χ0) is 21.1. The van der Waals surface area contributed by atoms with Crippen molar-refractivity contribution in [3.63, 3.8) is 0 Å². The highest BCUT2D eigenvalue weighted by Gasteiger charge is 2.26. The maximum atomic E-state index is 13.5. The van der Waals surface area contributed by atoms with Crippen molar-refractivity contribution in [2.24, 2.45) is 5.92 Å². The minimum atomic E-state index is -0.270. The van der Waals surface area contributed by atoms with Gasteiger partial charge in [-0.15, -0.1) is 0 Å². The number of nitrogens with zero attached hydrogens (tertiary/aromatic N) is 4. The quantitative estimate of drug-likeness (QED) is 0.653. The predicted octanol–water partition coefficient (Wildman–Crippen LogP) is 3.39. The number of pyridine rings is 1. The Kier molecular flexibility index (Phi) is 6.24. The van der Waals surface area contributed by atoms with Gasteiger partial charge in [0.2, 0.25) is 5.91 Å². The maximum Gasteiger partial charge on any atom is 0.223 e. The van der Waals surface area contributed by atoms with Crippen molar-refractivity contribution in [3.8, 4) is 11.3 Å². The Balaban J connectivity index is 1.40. The van der Waals surface area contributed by atoms with E-state index in [-0.39, 0.29) is 17.6 Å². The summed E-state index contributed by atoms with van der Waals surface area (Å²) in [5.74, 6) is -0.0503. The van der Waals surface area contributed by atoms with Crippen LogP contribution in [0, 0.1) is 11.7 Å². The number of hydrogen-bond donors (Lipinski definition) is 1. The fourth-order valence-corrected chi connectivity index (χ4v) is 4.62. The summed E-state index contributed by atoms with van der Waals surface area (Å²) in [7, 11) is 4.00. The number of benzene rings is 1. The Morgan fingerprint density at radius 3 is 2.77 bits per heavy atom. The van der Waals surface area contributed by atoms with Crippen LogP contribution in [0.1, 0.15) is 12.8 Å². The molecule has 0 radical (unpaired) electrons. The van der Waals surface area contributed by atoms with Crippen molar-refractivity contribution in [2.75, 3.05) is 45.2 Å². The molecular weight excluding hydrogens is 401 g/mol. The molecule has 3 aromatic rings. The SMILES string of the molecule is CN(C)CCNC(=O)C1CCN(c2nc3ccc(-c4cccc(F)c4)nc3s2)CC1. The monoisotopic (exact) mass is 427 g/mol. The van der Waals surface area contributed by atoms with E-state index in [0.29, 0.717) is 6.54 Å². The van der Waals surface area contributed by atoms with Gasteiger partial charge in [0.25, 0.3) is 0 Å². The summed E-state index contributed by atoms with van der Waals surface area (Å²) in [6, 6.07) is 10.3. The van der Waals surface area contributed by atoms with E-state index in [4.69, 9.17) is 4.98 Å². The third-order valence-electron chi connectivity index (χ3n) is 5.36. The van der Waals surface area contributed by atoms with E-state index in [1.165, 1.54) is 12.1 Å². The van der Waals surface area contributed by atoms with Crippen molar-refractivity contribution < 1.29 is 9.18 Å². The fraction of sp³-hybridized carbons (Fsp3) is 0.409. The van der Waals surface area contributed by atoms with Gasteiger partial charge in [0.15, 0.2) is 5.13 Å². The first-order valence-electron chi connectivity index (χ1n) is 10.2. The van der Waals surface area contributed by atoms with Crippen LogP contribution in [0.4, 0.5) is 9.52 Å². The molecule has 1 fully saturated rings. The number of halogens is 1. The highest BCUT2D eigenvalue weighted by molar-refractivity contribution is 7.21. The van der Waals surface area contributed by atoms with Gasteiger partial charge in [-0.1, -0.05) is 23.5 Å². The minimum absolute atomic E-state index is 0.0653. The second-order valence-corrected chi connectivity index (χ2v) is 8.84. The standard InChI is InChI=1S/C22H26FN5OS/c1-27(2)13-10-24-20(29)15-8-11-28(12-9-15)22-26-19-7-6-18(25-21(19)30-22)16-4-3-5-17(23)14-16/h3-7,14-15H,8-13H2,1-2H3,(H,24,29). The Bertz CT molecular complexity index is 1030. The average molecular weight is 428 g/mol. The zero-order valence-corrected chi connectivity index (χ0v) is 18.1.